The van der Waals surface area contributed by atoms with Gasteiger partial charge in [-0.1, -0.05) is 24.3 Å². The quantitative estimate of drug-likeness (QED) is 0.515. The highest BCUT2D eigenvalue weighted by molar-refractivity contribution is 6.05. The van der Waals surface area contributed by atoms with E-state index in [1.165, 1.54) is 31.2 Å². The largest absolute Gasteiger partial charge is 0.493 e. The SMILES string of the molecule is O=C(NCCO)/C(=C\c1ccc(C2CC2)cc1)NC(=O)c1ccc(OCC2CC2)cc1. The average Bonchev–Trinajstić information content (AvgIpc) is 3.70. The number of amides is 2. The highest BCUT2D eigenvalue weighted by Crippen LogP contribution is 2.40. The number of aliphatic hydroxyl groups excluding tert-OH is 1. The maximum absolute atomic E-state index is 12.7. The summed E-state index contributed by atoms with van der Waals surface area (Å²) in [5, 5.41) is 14.3. The van der Waals surface area contributed by atoms with Crippen molar-refractivity contribution in [2.75, 3.05) is 19.8 Å². The van der Waals surface area contributed by atoms with E-state index >= 15 is 0 Å². The summed E-state index contributed by atoms with van der Waals surface area (Å²) >= 11 is 0. The van der Waals surface area contributed by atoms with Gasteiger partial charge in [-0.25, -0.2) is 0 Å². The van der Waals surface area contributed by atoms with Crippen molar-refractivity contribution < 1.29 is 19.4 Å². The lowest BCUT2D eigenvalue weighted by Crippen LogP contribution is -2.36. The van der Waals surface area contributed by atoms with E-state index in [1.54, 1.807) is 30.3 Å². The lowest BCUT2D eigenvalue weighted by atomic mass is 10.1. The monoisotopic (exact) mass is 420 g/mol. The summed E-state index contributed by atoms with van der Waals surface area (Å²) in [7, 11) is 0. The van der Waals surface area contributed by atoms with E-state index in [4.69, 9.17) is 9.84 Å². The first-order valence-corrected chi connectivity index (χ1v) is 10.9. The molecular weight excluding hydrogens is 392 g/mol. The number of hydrogen-bond donors (Lipinski definition) is 3. The summed E-state index contributed by atoms with van der Waals surface area (Å²) in [5.74, 6) is 1.22. The Labute approximate surface area is 182 Å². The highest BCUT2D eigenvalue weighted by atomic mass is 16.5. The van der Waals surface area contributed by atoms with E-state index in [0.717, 1.165) is 11.3 Å². The van der Waals surface area contributed by atoms with Gasteiger partial charge in [-0.2, -0.15) is 0 Å². The number of aliphatic hydroxyl groups is 1. The van der Waals surface area contributed by atoms with Gasteiger partial charge in [0.25, 0.3) is 11.8 Å². The Hall–Kier alpha value is -3.12. The van der Waals surface area contributed by atoms with Crippen LogP contribution >= 0.6 is 0 Å². The first-order valence-electron chi connectivity index (χ1n) is 10.9. The Balaban J connectivity index is 1.44. The zero-order valence-electron chi connectivity index (χ0n) is 17.5. The van der Waals surface area contributed by atoms with Gasteiger partial charge in [-0.3, -0.25) is 9.59 Å². The predicted octanol–water partition coefficient (Wildman–Crippen LogP) is 3.23. The first-order chi connectivity index (χ1) is 15.1. The van der Waals surface area contributed by atoms with Crippen molar-refractivity contribution in [1.29, 1.82) is 0 Å². The van der Waals surface area contributed by atoms with E-state index in [9.17, 15) is 9.59 Å². The molecule has 0 radical (unpaired) electrons. The van der Waals surface area contributed by atoms with Gasteiger partial charge in [0.1, 0.15) is 11.4 Å². The number of carbonyl (C=O) groups is 2. The molecule has 6 heteroatoms. The Morgan fingerprint density at radius 1 is 1.00 bits per heavy atom. The van der Waals surface area contributed by atoms with Crippen LogP contribution in [0.5, 0.6) is 5.75 Å². The fraction of sp³-hybridized carbons (Fsp3) is 0.360. The normalized spacial score (nSPS) is 16.0. The minimum Gasteiger partial charge on any atom is -0.493 e. The standard InChI is InChI=1S/C25H28N2O4/c28-14-13-26-25(30)23(15-17-3-5-19(6-4-17)20-7-8-20)27-24(29)21-9-11-22(12-10-21)31-16-18-1-2-18/h3-6,9-12,15,18,20,28H,1-2,7-8,13-14,16H2,(H,26,30)(H,27,29)/b23-15+. The van der Waals surface area contributed by atoms with Crippen molar-refractivity contribution in [3.8, 4) is 5.75 Å². The van der Waals surface area contributed by atoms with Crippen molar-refractivity contribution in [1.82, 2.24) is 10.6 Å². The van der Waals surface area contributed by atoms with E-state index in [2.05, 4.69) is 22.8 Å². The summed E-state index contributed by atoms with van der Waals surface area (Å²) < 4.78 is 5.71. The molecule has 0 aliphatic heterocycles. The van der Waals surface area contributed by atoms with Crippen LogP contribution in [-0.2, 0) is 4.79 Å². The minimum absolute atomic E-state index is 0.111. The third-order valence-corrected chi connectivity index (χ3v) is 5.49. The molecule has 4 rings (SSSR count). The number of carbonyl (C=O) groups excluding carboxylic acids is 2. The second kappa shape index (κ2) is 9.79. The molecule has 2 amide bonds. The van der Waals surface area contributed by atoms with Crippen molar-refractivity contribution in [2.45, 2.75) is 31.6 Å². The molecule has 0 aromatic heterocycles. The fourth-order valence-electron chi connectivity index (χ4n) is 3.27. The number of nitrogens with one attached hydrogen (secondary N) is 2. The minimum atomic E-state index is -0.446. The van der Waals surface area contributed by atoms with Gasteiger partial charge in [-0.05, 0) is 79.0 Å². The topological polar surface area (TPSA) is 87.7 Å². The molecule has 0 bridgehead atoms. The van der Waals surface area contributed by atoms with Gasteiger partial charge >= 0.3 is 0 Å². The van der Waals surface area contributed by atoms with Crippen LogP contribution in [0, 0.1) is 5.92 Å². The highest BCUT2D eigenvalue weighted by Gasteiger charge is 2.23. The molecule has 2 saturated carbocycles. The molecule has 0 spiro atoms. The van der Waals surface area contributed by atoms with Crippen LogP contribution in [0.3, 0.4) is 0 Å². The van der Waals surface area contributed by atoms with Crippen LogP contribution in [0.2, 0.25) is 0 Å². The summed E-state index contributed by atoms with van der Waals surface area (Å²) in [5.41, 5.74) is 2.69. The van der Waals surface area contributed by atoms with Crippen molar-refractivity contribution in [3.63, 3.8) is 0 Å². The van der Waals surface area contributed by atoms with E-state index < -0.39 is 5.91 Å². The summed E-state index contributed by atoms with van der Waals surface area (Å²) in [4.78, 5) is 25.3. The smallest absolute Gasteiger partial charge is 0.267 e. The van der Waals surface area contributed by atoms with Crippen molar-refractivity contribution in [2.24, 2.45) is 5.92 Å². The van der Waals surface area contributed by atoms with Gasteiger partial charge < -0.3 is 20.5 Å². The first kappa shape index (κ1) is 21.1. The van der Waals surface area contributed by atoms with Gasteiger partial charge in [0.15, 0.2) is 0 Å². The lowest BCUT2D eigenvalue weighted by molar-refractivity contribution is -0.117. The molecule has 0 atom stereocenters. The Kier molecular flexibility index (Phi) is 6.67. The molecule has 0 saturated heterocycles. The van der Waals surface area contributed by atoms with E-state index in [1.807, 2.05) is 12.1 Å². The van der Waals surface area contributed by atoms with E-state index in [-0.39, 0.29) is 24.8 Å². The molecule has 3 N–H and O–H groups in total. The number of hydrogen-bond acceptors (Lipinski definition) is 4. The molecule has 2 fully saturated rings. The molecular formula is C25H28N2O4. The van der Waals surface area contributed by atoms with Crippen LogP contribution in [0.4, 0.5) is 0 Å². The van der Waals surface area contributed by atoms with Crippen LogP contribution in [-0.4, -0.2) is 36.7 Å². The van der Waals surface area contributed by atoms with Gasteiger partial charge in [0.2, 0.25) is 0 Å². The Bertz CT molecular complexity index is 942. The predicted molar refractivity (Wildman–Crippen MR) is 119 cm³/mol. The molecule has 2 aromatic carbocycles. The average molecular weight is 421 g/mol. The molecule has 31 heavy (non-hydrogen) atoms. The van der Waals surface area contributed by atoms with Gasteiger partial charge in [-0.15, -0.1) is 0 Å². The van der Waals surface area contributed by atoms with Crippen molar-refractivity contribution >= 4 is 17.9 Å². The second-order valence-electron chi connectivity index (χ2n) is 8.21. The maximum Gasteiger partial charge on any atom is 0.267 e. The number of rotatable bonds is 10. The number of ether oxygens (including phenoxy) is 1. The molecule has 2 aliphatic carbocycles. The lowest BCUT2D eigenvalue weighted by Gasteiger charge is -2.11. The van der Waals surface area contributed by atoms with Crippen LogP contribution < -0.4 is 15.4 Å². The Morgan fingerprint density at radius 3 is 2.32 bits per heavy atom. The number of benzene rings is 2. The van der Waals surface area contributed by atoms with Gasteiger partial charge in [0.05, 0.1) is 13.2 Å². The molecule has 2 aliphatic rings. The van der Waals surface area contributed by atoms with Crippen LogP contribution in [0.15, 0.2) is 54.2 Å². The van der Waals surface area contributed by atoms with Crippen molar-refractivity contribution in [3.05, 3.63) is 70.9 Å². The summed E-state index contributed by atoms with van der Waals surface area (Å²) in [6, 6.07) is 14.9. The molecule has 0 heterocycles. The molecule has 6 nitrogen and oxygen atoms in total. The van der Waals surface area contributed by atoms with Crippen LogP contribution in [0.1, 0.15) is 53.1 Å². The fourth-order valence-corrected chi connectivity index (χ4v) is 3.27. The van der Waals surface area contributed by atoms with Crippen LogP contribution in [0.25, 0.3) is 6.08 Å². The zero-order chi connectivity index (χ0) is 21.6. The third kappa shape index (κ3) is 6.18. The molecule has 2 aromatic rings. The zero-order valence-corrected chi connectivity index (χ0v) is 17.5. The molecule has 0 unspecified atom stereocenters. The summed E-state index contributed by atoms with van der Waals surface area (Å²) in [6.45, 7) is 0.647. The third-order valence-electron chi connectivity index (χ3n) is 5.49. The van der Waals surface area contributed by atoms with E-state index in [0.29, 0.717) is 24.0 Å². The second-order valence-corrected chi connectivity index (χ2v) is 8.21. The maximum atomic E-state index is 12.7. The summed E-state index contributed by atoms with van der Waals surface area (Å²) in [6.07, 6.45) is 6.54. The molecule has 162 valence electrons. The van der Waals surface area contributed by atoms with Gasteiger partial charge in [0, 0.05) is 12.1 Å². The Morgan fingerprint density at radius 2 is 1.71 bits per heavy atom.